The second kappa shape index (κ2) is 4.98. The lowest BCUT2D eigenvalue weighted by atomic mass is 9.97. The van der Waals surface area contributed by atoms with Crippen LogP contribution >= 0.6 is 0 Å². The summed E-state index contributed by atoms with van der Waals surface area (Å²) in [7, 11) is 1.49. The predicted octanol–water partition coefficient (Wildman–Crippen LogP) is 4.32. The molecule has 0 spiro atoms. The molecule has 2 aromatic rings. The Hall–Kier alpha value is -2.17. The number of benzene rings is 2. The highest BCUT2D eigenvalue weighted by atomic mass is 19.4. The Bertz CT molecular complexity index is 678. The van der Waals surface area contributed by atoms with Crippen molar-refractivity contribution in [3.8, 4) is 22.6 Å². The predicted molar refractivity (Wildman–Crippen MR) is 72.6 cm³/mol. The van der Waals surface area contributed by atoms with Crippen LogP contribution in [-0.4, -0.2) is 13.7 Å². The van der Waals surface area contributed by atoms with Gasteiger partial charge in [-0.2, -0.15) is 13.2 Å². The Morgan fingerprint density at radius 1 is 1.10 bits per heavy atom. The van der Waals surface area contributed by atoms with Crippen molar-refractivity contribution in [3.05, 3.63) is 47.5 Å². The maximum absolute atomic E-state index is 13.1. The maximum Gasteiger partial charge on any atom is 0.416 e. The molecule has 2 nitrogen and oxygen atoms in total. The largest absolute Gasteiger partial charge is 0.496 e. The van der Waals surface area contributed by atoms with E-state index in [4.69, 9.17) is 9.47 Å². The Labute approximate surface area is 120 Å². The summed E-state index contributed by atoms with van der Waals surface area (Å²) in [4.78, 5) is 0. The molecule has 0 saturated heterocycles. The molecule has 21 heavy (non-hydrogen) atoms. The van der Waals surface area contributed by atoms with Gasteiger partial charge in [-0.3, -0.25) is 0 Å². The number of ether oxygens (including phenoxy) is 2. The van der Waals surface area contributed by atoms with E-state index in [1.807, 2.05) is 0 Å². The lowest BCUT2D eigenvalue weighted by Crippen LogP contribution is -2.06. The Balaban J connectivity index is 2.24. The molecule has 5 heteroatoms. The number of hydrogen-bond donors (Lipinski definition) is 0. The van der Waals surface area contributed by atoms with Crippen LogP contribution in [0.2, 0.25) is 0 Å². The summed E-state index contributed by atoms with van der Waals surface area (Å²) in [6, 6.07) is 9.28. The minimum atomic E-state index is -4.38. The zero-order valence-corrected chi connectivity index (χ0v) is 11.3. The molecule has 1 aliphatic rings. The minimum absolute atomic E-state index is 0.402. The van der Waals surface area contributed by atoms with Crippen LogP contribution in [0.15, 0.2) is 36.4 Å². The zero-order chi connectivity index (χ0) is 15.0. The normalized spacial score (nSPS) is 13.7. The first-order valence-electron chi connectivity index (χ1n) is 6.51. The first-order chi connectivity index (χ1) is 10.0. The van der Waals surface area contributed by atoms with Gasteiger partial charge < -0.3 is 9.47 Å². The summed E-state index contributed by atoms with van der Waals surface area (Å²) in [6.07, 6.45) is -3.89. The topological polar surface area (TPSA) is 18.5 Å². The van der Waals surface area contributed by atoms with E-state index in [9.17, 15) is 13.2 Å². The number of halogens is 3. The summed E-state index contributed by atoms with van der Waals surface area (Å²) in [5, 5.41) is 0. The molecular formula is C16H13F3O2. The molecule has 0 aromatic heterocycles. The van der Waals surface area contributed by atoms with E-state index in [2.05, 4.69) is 0 Å². The van der Waals surface area contributed by atoms with Gasteiger partial charge >= 0.3 is 6.18 Å². The molecule has 0 atom stereocenters. The second-order valence-corrected chi connectivity index (χ2v) is 4.81. The molecule has 0 fully saturated rings. The van der Waals surface area contributed by atoms with E-state index in [-0.39, 0.29) is 0 Å². The highest BCUT2D eigenvalue weighted by Gasteiger charge is 2.34. The molecule has 0 bridgehead atoms. The van der Waals surface area contributed by atoms with E-state index < -0.39 is 11.7 Å². The molecular weight excluding hydrogens is 281 g/mol. The number of rotatable bonds is 2. The van der Waals surface area contributed by atoms with Gasteiger partial charge in [-0.1, -0.05) is 18.2 Å². The van der Waals surface area contributed by atoms with E-state index in [0.29, 0.717) is 41.2 Å². The fraction of sp³-hybridized carbons (Fsp3) is 0.250. The van der Waals surface area contributed by atoms with Crippen molar-refractivity contribution in [2.45, 2.75) is 12.6 Å². The summed E-state index contributed by atoms with van der Waals surface area (Å²) >= 11 is 0. The average Bonchev–Trinajstić information content (AvgIpc) is 2.93. The van der Waals surface area contributed by atoms with Crippen molar-refractivity contribution in [2.24, 2.45) is 0 Å². The van der Waals surface area contributed by atoms with Crippen LogP contribution in [0.5, 0.6) is 11.5 Å². The monoisotopic (exact) mass is 294 g/mol. The molecule has 2 aromatic carbocycles. The van der Waals surface area contributed by atoms with Gasteiger partial charge in [0.25, 0.3) is 0 Å². The van der Waals surface area contributed by atoms with Gasteiger partial charge in [-0.05, 0) is 23.8 Å². The van der Waals surface area contributed by atoms with E-state index >= 15 is 0 Å². The van der Waals surface area contributed by atoms with Crippen LogP contribution in [0.25, 0.3) is 11.1 Å². The van der Waals surface area contributed by atoms with Gasteiger partial charge in [-0.25, -0.2) is 0 Å². The van der Waals surface area contributed by atoms with Crippen molar-refractivity contribution < 1.29 is 22.6 Å². The number of alkyl halides is 3. The van der Waals surface area contributed by atoms with Crippen LogP contribution < -0.4 is 9.47 Å². The Kier molecular flexibility index (Phi) is 3.27. The summed E-state index contributed by atoms with van der Waals surface area (Å²) in [5.74, 6) is 1.04. The molecule has 0 radical (unpaired) electrons. The molecule has 0 amide bonds. The van der Waals surface area contributed by atoms with Crippen LogP contribution in [0.4, 0.5) is 13.2 Å². The molecule has 110 valence electrons. The van der Waals surface area contributed by atoms with Crippen molar-refractivity contribution in [1.82, 2.24) is 0 Å². The van der Waals surface area contributed by atoms with Crippen LogP contribution in [-0.2, 0) is 12.6 Å². The standard InChI is InChI=1S/C16H13F3O2/c1-20-14-5-3-2-4-12(14)13-9-11(16(17,18)19)8-10-6-7-21-15(10)13/h2-5,8-9H,6-7H2,1H3. The third-order valence-electron chi connectivity index (χ3n) is 3.51. The first kappa shape index (κ1) is 13.8. The summed E-state index contributed by atoms with van der Waals surface area (Å²) in [6.45, 7) is 0.402. The second-order valence-electron chi connectivity index (χ2n) is 4.81. The van der Waals surface area contributed by atoms with Crippen molar-refractivity contribution in [2.75, 3.05) is 13.7 Å². The van der Waals surface area contributed by atoms with Gasteiger partial charge in [0.1, 0.15) is 11.5 Å². The van der Waals surface area contributed by atoms with Crippen LogP contribution in [0.1, 0.15) is 11.1 Å². The molecule has 0 aliphatic carbocycles. The Morgan fingerprint density at radius 3 is 2.57 bits per heavy atom. The van der Waals surface area contributed by atoms with Crippen molar-refractivity contribution in [3.63, 3.8) is 0 Å². The third kappa shape index (κ3) is 2.44. The summed E-state index contributed by atoms with van der Waals surface area (Å²) in [5.41, 5.74) is 0.956. The number of fused-ring (bicyclic) bond motifs is 1. The molecule has 0 saturated carbocycles. The average molecular weight is 294 g/mol. The highest BCUT2D eigenvalue weighted by Crippen LogP contribution is 2.44. The van der Waals surface area contributed by atoms with Gasteiger partial charge in [-0.15, -0.1) is 0 Å². The molecule has 1 heterocycles. The lowest BCUT2D eigenvalue weighted by Gasteiger charge is -2.15. The van der Waals surface area contributed by atoms with Crippen molar-refractivity contribution >= 4 is 0 Å². The summed E-state index contributed by atoms with van der Waals surface area (Å²) < 4.78 is 50.0. The van der Waals surface area contributed by atoms with E-state index in [1.54, 1.807) is 24.3 Å². The number of methoxy groups -OCH3 is 1. The van der Waals surface area contributed by atoms with Gasteiger partial charge in [0.05, 0.1) is 19.3 Å². The molecule has 0 unspecified atom stereocenters. The van der Waals surface area contributed by atoms with Gasteiger partial charge in [0.15, 0.2) is 0 Å². The van der Waals surface area contributed by atoms with E-state index in [1.165, 1.54) is 13.2 Å². The Morgan fingerprint density at radius 2 is 1.86 bits per heavy atom. The zero-order valence-electron chi connectivity index (χ0n) is 11.3. The third-order valence-corrected chi connectivity index (χ3v) is 3.51. The van der Waals surface area contributed by atoms with Crippen LogP contribution in [0.3, 0.4) is 0 Å². The fourth-order valence-electron chi connectivity index (χ4n) is 2.54. The molecule has 0 N–H and O–H groups in total. The smallest absolute Gasteiger partial charge is 0.416 e. The number of para-hydroxylation sites is 1. The lowest BCUT2D eigenvalue weighted by molar-refractivity contribution is -0.137. The molecule has 1 aliphatic heterocycles. The SMILES string of the molecule is COc1ccccc1-c1cc(C(F)(F)F)cc2c1OCC2. The number of hydrogen-bond acceptors (Lipinski definition) is 2. The molecule has 3 rings (SSSR count). The van der Waals surface area contributed by atoms with Gasteiger partial charge in [0.2, 0.25) is 0 Å². The quantitative estimate of drug-likeness (QED) is 0.821. The van der Waals surface area contributed by atoms with E-state index in [0.717, 1.165) is 6.07 Å². The van der Waals surface area contributed by atoms with Crippen molar-refractivity contribution in [1.29, 1.82) is 0 Å². The van der Waals surface area contributed by atoms with Gasteiger partial charge in [0, 0.05) is 17.5 Å². The highest BCUT2D eigenvalue weighted by molar-refractivity contribution is 5.78. The van der Waals surface area contributed by atoms with Crippen LogP contribution in [0, 0.1) is 0 Å². The first-order valence-corrected chi connectivity index (χ1v) is 6.51. The fourth-order valence-corrected chi connectivity index (χ4v) is 2.54. The minimum Gasteiger partial charge on any atom is -0.496 e. The maximum atomic E-state index is 13.1.